The van der Waals surface area contributed by atoms with E-state index in [0.29, 0.717) is 23.9 Å². The van der Waals surface area contributed by atoms with E-state index in [0.717, 1.165) is 0 Å². The minimum Gasteiger partial charge on any atom is -0.492 e. The van der Waals surface area contributed by atoms with Crippen LogP contribution in [0.15, 0.2) is 46.9 Å². The molecule has 0 fully saturated rings. The maximum Gasteiger partial charge on any atom is 0.433 e. The molecule has 23 heavy (non-hydrogen) atoms. The molecular formula is C15H13ClN2O5. The number of nitrogens with zero attached hydrogens (tertiary/aromatic N) is 1. The van der Waals surface area contributed by atoms with Crippen LogP contribution in [0.25, 0.3) is 6.08 Å². The third kappa shape index (κ3) is 5.48. The average molecular weight is 337 g/mol. The van der Waals surface area contributed by atoms with Gasteiger partial charge in [0.2, 0.25) is 5.91 Å². The monoisotopic (exact) mass is 336 g/mol. The average Bonchev–Trinajstić information content (AvgIpc) is 3.00. The third-order valence-electron chi connectivity index (χ3n) is 2.68. The standard InChI is InChI=1S/C15H13ClN2O5/c16-11-1-3-12(4-2-11)22-10-9-17-14(19)7-5-13-6-8-15(23-13)18(20)21/h1-8H,9-10H2,(H,17,19)/b7-5+. The number of nitro groups is 1. The van der Waals surface area contributed by atoms with Crippen molar-refractivity contribution in [2.45, 2.75) is 0 Å². The van der Waals surface area contributed by atoms with Crippen LogP contribution in [0.2, 0.25) is 5.02 Å². The summed E-state index contributed by atoms with van der Waals surface area (Å²) in [6, 6.07) is 9.51. The quantitative estimate of drug-likeness (QED) is 0.363. The summed E-state index contributed by atoms with van der Waals surface area (Å²) < 4.78 is 10.3. The largest absolute Gasteiger partial charge is 0.492 e. The number of halogens is 1. The zero-order chi connectivity index (χ0) is 16.7. The second kappa shape index (κ2) is 8.00. The van der Waals surface area contributed by atoms with Crippen molar-refractivity contribution in [3.05, 3.63) is 63.4 Å². The van der Waals surface area contributed by atoms with Crippen LogP contribution in [0.1, 0.15) is 5.76 Å². The lowest BCUT2D eigenvalue weighted by atomic mass is 10.3. The van der Waals surface area contributed by atoms with Crippen molar-refractivity contribution in [2.75, 3.05) is 13.2 Å². The second-order valence-corrected chi connectivity index (χ2v) is 4.80. The fraction of sp³-hybridized carbons (Fsp3) is 0.133. The molecule has 0 bridgehead atoms. The lowest BCUT2D eigenvalue weighted by Crippen LogP contribution is -2.26. The van der Waals surface area contributed by atoms with E-state index in [1.165, 1.54) is 24.3 Å². The number of carbonyl (C=O) groups is 1. The van der Waals surface area contributed by atoms with Crippen LogP contribution in [-0.4, -0.2) is 24.0 Å². The molecule has 0 spiro atoms. The van der Waals surface area contributed by atoms with Crippen molar-refractivity contribution < 1.29 is 18.9 Å². The van der Waals surface area contributed by atoms with Gasteiger partial charge in [0.15, 0.2) is 0 Å². The number of hydrogen-bond donors (Lipinski definition) is 1. The van der Waals surface area contributed by atoms with E-state index >= 15 is 0 Å². The number of amides is 1. The number of nitrogens with one attached hydrogen (secondary N) is 1. The molecule has 0 aliphatic rings. The van der Waals surface area contributed by atoms with Gasteiger partial charge in [0.25, 0.3) is 0 Å². The molecule has 1 amide bonds. The van der Waals surface area contributed by atoms with Crippen LogP contribution in [0.3, 0.4) is 0 Å². The van der Waals surface area contributed by atoms with E-state index in [-0.39, 0.29) is 17.6 Å². The van der Waals surface area contributed by atoms with Gasteiger partial charge >= 0.3 is 5.88 Å². The first-order valence-electron chi connectivity index (χ1n) is 6.63. The van der Waals surface area contributed by atoms with Crippen molar-refractivity contribution in [1.29, 1.82) is 0 Å². The summed E-state index contributed by atoms with van der Waals surface area (Å²) in [7, 11) is 0. The Hall–Kier alpha value is -2.80. The van der Waals surface area contributed by atoms with E-state index < -0.39 is 4.92 Å². The Balaban J connectivity index is 1.71. The smallest absolute Gasteiger partial charge is 0.433 e. The Bertz CT molecular complexity index is 709. The highest BCUT2D eigenvalue weighted by Crippen LogP contribution is 2.16. The Kier molecular flexibility index (Phi) is 5.76. The number of carbonyl (C=O) groups excluding carboxylic acids is 1. The van der Waals surface area contributed by atoms with E-state index in [1.807, 2.05) is 0 Å². The number of rotatable bonds is 7. The van der Waals surface area contributed by atoms with Crippen molar-refractivity contribution in [2.24, 2.45) is 0 Å². The maximum absolute atomic E-state index is 11.6. The third-order valence-corrected chi connectivity index (χ3v) is 2.93. The fourth-order valence-electron chi connectivity index (χ4n) is 1.62. The zero-order valence-corrected chi connectivity index (χ0v) is 12.7. The van der Waals surface area contributed by atoms with Gasteiger partial charge < -0.3 is 14.5 Å². The van der Waals surface area contributed by atoms with Gasteiger partial charge in [0.1, 0.15) is 23.0 Å². The van der Waals surface area contributed by atoms with Crippen molar-refractivity contribution >= 4 is 29.5 Å². The first-order chi connectivity index (χ1) is 11.0. The molecule has 0 atom stereocenters. The lowest BCUT2D eigenvalue weighted by Gasteiger charge is -2.06. The molecule has 8 heteroatoms. The van der Waals surface area contributed by atoms with E-state index in [4.69, 9.17) is 20.8 Å². The number of furan rings is 1. The number of hydrogen-bond acceptors (Lipinski definition) is 5. The molecule has 0 saturated carbocycles. The molecule has 1 heterocycles. The van der Waals surface area contributed by atoms with Gasteiger partial charge in [-0.1, -0.05) is 11.6 Å². The van der Waals surface area contributed by atoms with Crippen LogP contribution < -0.4 is 10.1 Å². The highest BCUT2D eigenvalue weighted by Gasteiger charge is 2.09. The summed E-state index contributed by atoms with van der Waals surface area (Å²) in [5.41, 5.74) is 0. The van der Waals surface area contributed by atoms with E-state index in [1.54, 1.807) is 24.3 Å². The van der Waals surface area contributed by atoms with Crippen LogP contribution in [0, 0.1) is 10.1 Å². The van der Waals surface area contributed by atoms with Crippen LogP contribution in [0.4, 0.5) is 5.88 Å². The molecule has 0 aliphatic carbocycles. The number of ether oxygens (including phenoxy) is 1. The van der Waals surface area contributed by atoms with Gasteiger partial charge in [-0.25, -0.2) is 0 Å². The highest BCUT2D eigenvalue weighted by molar-refractivity contribution is 6.30. The zero-order valence-electron chi connectivity index (χ0n) is 11.9. The van der Waals surface area contributed by atoms with Gasteiger partial charge in [-0.3, -0.25) is 14.9 Å². The van der Waals surface area contributed by atoms with Crippen LogP contribution in [-0.2, 0) is 4.79 Å². The van der Waals surface area contributed by atoms with Gasteiger partial charge in [-0.15, -0.1) is 0 Å². The molecule has 2 aromatic rings. The molecule has 1 aromatic carbocycles. The summed E-state index contributed by atoms with van der Waals surface area (Å²) >= 11 is 5.75. The molecule has 2 rings (SSSR count). The predicted molar refractivity (Wildman–Crippen MR) is 84.4 cm³/mol. The fourth-order valence-corrected chi connectivity index (χ4v) is 1.75. The van der Waals surface area contributed by atoms with E-state index in [9.17, 15) is 14.9 Å². The molecule has 7 nitrogen and oxygen atoms in total. The maximum atomic E-state index is 11.6. The molecule has 120 valence electrons. The Morgan fingerprint density at radius 2 is 2.04 bits per heavy atom. The molecule has 0 aliphatic heterocycles. The minimum absolute atomic E-state index is 0.226. The van der Waals surface area contributed by atoms with Gasteiger partial charge in [-0.2, -0.15) is 0 Å². The van der Waals surface area contributed by atoms with Crippen molar-refractivity contribution in [3.8, 4) is 5.75 Å². The summed E-state index contributed by atoms with van der Waals surface area (Å²) in [4.78, 5) is 21.4. The Morgan fingerprint density at radius 1 is 1.30 bits per heavy atom. The van der Waals surface area contributed by atoms with Gasteiger partial charge in [0.05, 0.1) is 12.6 Å². The Labute approximate surface area is 136 Å². The highest BCUT2D eigenvalue weighted by atomic mass is 35.5. The normalized spacial score (nSPS) is 10.7. The second-order valence-electron chi connectivity index (χ2n) is 4.36. The summed E-state index contributed by atoms with van der Waals surface area (Å²) in [6.45, 7) is 0.609. The predicted octanol–water partition coefficient (Wildman–Crippen LogP) is 3.05. The molecular weight excluding hydrogens is 324 g/mol. The SMILES string of the molecule is O=C(/C=C/c1ccc([N+](=O)[O-])o1)NCCOc1ccc(Cl)cc1. The van der Waals surface area contributed by atoms with Gasteiger partial charge in [-0.05, 0) is 36.4 Å². The Morgan fingerprint density at radius 3 is 2.70 bits per heavy atom. The first kappa shape index (κ1) is 16.6. The topological polar surface area (TPSA) is 94.6 Å². The minimum atomic E-state index is -0.647. The van der Waals surface area contributed by atoms with Gasteiger partial charge in [0, 0.05) is 11.1 Å². The molecule has 0 radical (unpaired) electrons. The van der Waals surface area contributed by atoms with Crippen molar-refractivity contribution in [1.82, 2.24) is 5.32 Å². The summed E-state index contributed by atoms with van der Waals surface area (Å²) in [5.74, 6) is 0.150. The van der Waals surface area contributed by atoms with Crippen LogP contribution in [0.5, 0.6) is 5.75 Å². The molecule has 1 N–H and O–H groups in total. The van der Waals surface area contributed by atoms with E-state index in [2.05, 4.69) is 5.32 Å². The molecule has 0 saturated heterocycles. The number of benzene rings is 1. The van der Waals surface area contributed by atoms with Crippen molar-refractivity contribution in [3.63, 3.8) is 0 Å². The molecule has 0 unspecified atom stereocenters. The van der Waals surface area contributed by atoms with Crippen LogP contribution >= 0.6 is 11.6 Å². The first-order valence-corrected chi connectivity index (χ1v) is 7.01. The summed E-state index contributed by atoms with van der Waals surface area (Å²) in [6.07, 6.45) is 2.58. The lowest BCUT2D eigenvalue weighted by molar-refractivity contribution is -0.402. The summed E-state index contributed by atoms with van der Waals surface area (Å²) in [5, 5.41) is 13.7. The molecule has 1 aromatic heterocycles.